The topological polar surface area (TPSA) is 0 Å². The van der Waals surface area contributed by atoms with Crippen LogP contribution in [0.15, 0.2) is 103 Å². The van der Waals surface area contributed by atoms with Crippen molar-refractivity contribution in [2.45, 2.75) is 25.7 Å². The Morgan fingerprint density at radius 2 is 1.23 bits per heavy atom. The van der Waals surface area contributed by atoms with Crippen LogP contribution in [0.2, 0.25) is 0 Å². The average Bonchev–Trinajstić information content (AvgIpc) is 3.15. The highest BCUT2D eigenvalue weighted by Gasteiger charge is 2.38. The summed E-state index contributed by atoms with van der Waals surface area (Å²) >= 11 is 0. The van der Waals surface area contributed by atoms with Gasteiger partial charge in [-0.05, 0) is 53.6 Å². The van der Waals surface area contributed by atoms with Crippen LogP contribution in [0.5, 0.6) is 0 Å². The molecule has 1 aliphatic carbocycles. The lowest BCUT2D eigenvalue weighted by molar-refractivity contribution is 0.793. The molecule has 0 saturated heterocycles. The maximum atomic E-state index is 2.37. The van der Waals surface area contributed by atoms with E-state index in [9.17, 15) is 0 Å². The molecule has 1 atom stereocenters. The van der Waals surface area contributed by atoms with Crippen LogP contribution in [0, 0.1) is 13.8 Å². The minimum atomic E-state index is -0.226. The second-order valence-corrected chi connectivity index (χ2v) is 8.46. The molecule has 0 bridgehead atoms. The van der Waals surface area contributed by atoms with Crippen molar-refractivity contribution in [3.63, 3.8) is 0 Å². The van der Waals surface area contributed by atoms with Crippen molar-refractivity contribution in [1.29, 1.82) is 0 Å². The number of rotatable bonds is 4. The van der Waals surface area contributed by atoms with Gasteiger partial charge >= 0.3 is 0 Å². The van der Waals surface area contributed by atoms with Crippen LogP contribution in [0.1, 0.15) is 44.5 Å². The van der Waals surface area contributed by atoms with Gasteiger partial charge in [0.05, 0.1) is 5.41 Å². The van der Waals surface area contributed by atoms with E-state index in [1.807, 2.05) is 0 Å². The molecule has 0 spiro atoms. The van der Waals surface area contributed by atoms with Gasteiger partial charge in [0.25, 0.3) is 0 Å². The fourth-order valence-corrected chi connectivity index (χ4v) is 4.97. The normalized spacial score (nSPS) is 17.1. The minimum absolute atomic E-state index is 0.226. The van der Waals surface area contributed by atoms with Gasteiger partial charge in [0, 0.05) is 0 Å². The SMILES string of the molecule is Cc1cc(C)cc(Cc2ccc(C3(c4ccccc4)C=Cc4ccccc43)cc2)c1. The lowest BCUT2D eigenvalue weighted by Gasteiger charge is -2.31. The molecule has 146 valence electrons. The van der Waals surface area contributed by atoms with Crippen LogP contribution in [0.4, 0.5) is 0 Å². The Morgan fingerprint density at radius 1 is 0.600 bits per heavy atom. The van der Waals surface area contributed by atoms with Gasteiger partial charge in [-0.2, -0.15) is 0 Å². The highest BCUT2D eigenvalue weighted by atomic mass is 14.4. The Hall–Kier alpha value is -3.38. The van der Waals surface area contributed by atoms with Crippen molar-refractivity contribution in [1.82, 2.24) is 0 Å². The summed E-state index contributed by atoms with van der Waals surface area (Å²) in [6.45, 7) is 4.35. The molecular weight excluding hydrogens is 360 g/mol. The summed E-state index contributed by atoms with van der Waals surface area (Å²) in [7, 11) is 0. The van der Waals surface area contributed by atoms with E-state index in [1.54, 1.807) is 0 Å². The molecular formula is C30H26. The lowest BCUT2D eigenvalue weighted by Crippen LogP contribution is -2.25. The number of allylic oxidation sites excluding steroid dienone is 1. The third kappa shape index (κ3) is 3.19. The molecule has 0 N–H and O–H groups in total. The fourth-order valence-electron chi connectivity index (χ4n) is 4.97. The van der Waals surface area contributed by atoms with E-state index in [-0.39, 0.29) is 5.41 Å². The maximum Gasteiger partial charge on any atom is 0.0641 e. The first-order valence-electron chi connectivity index (χ1n) is 10.7. The molecule has 0 nitrogen and oxygen atoms in total. The Morgan fingerprint density at radius 3 is 1.97 bits per heavy atom. The number of hydrogen-bond donors (Lipinski definition) is 0. The third-order valence-corrected chi connectivity index (χ3v) is 6.23. The predicted molar refractivity (Wildman–Crippen MR) is 127 cm³/mol. The molecule has 1 unspecified atom stereocenters. The van der Waals surface area contributed by atoms with Crippen molar-refractivity contribution in [2.75, 3.05) is 0 Å². The van der Waals surface area contributed by atoms with Crippen LogP contribution < -0.4 is 0 Å². The van der Waals surface area contributed by atoms with Crippen LogP contribution in [-0.2, 0) is 11.8 Å². The van der Waals surface area contributed by atoms with Crippen molar-refractivity contribution < 1.29 is 0 Å². The molecule has 4 aromatic carbocycles. The van der Waals surface area contributed by atoms with Gasteiger partial charge in [0.15, 0.2) is 0 Å². The summed E-state index contributed by atoms with van der Waals surface area (Å²) in [5.41, 5.74) is 10.5. The van der Waals surface area contributed by atoms with Crippen molar-refractivity contribution in [3.05, 3.63) is 148 Å². The van der Waals surface area contributed by atoms with Crippen LogP contribution in [0.3, 0.4) is 0 Å². The predicted octanol–water partition coefficient (Wildman–Crippen LogP) is 7.26. The first-order chi connectivity index (χ1) is 14.6. The maximum absolute atomic E-state index is 2.37. The first kappa shape index (κ1) is 18.6. The fraction of sp³-hybridized carbons (Fsp3) is 0.133. The third-order valence-electron chi connectivity index (χ3n) is 6.23. The zero-order valence-corrected chi connectivity index (χ0v) is 17.6. The van der Waals surface area contributed by atoms with E-state index in [2.05, 4.69) is 123 Å². The molecule has 4 aromatic rings. The van der Waals surface area contributed by atoms with E-state index >= 15 is 0 Å². The average molecular weight is 387 g/mol. The van der Waals surface area contributed by atoms with Gasteiger partial charge in [-0.1, -0.05) is 120 Å². The molecule has 30 heavy (non-hydrogen) atoms. The largest absolute Gasteiger partial charge is 0.0646 e. The number of fused-ring (bicyclic) bond motifs is 1. The molecule has 0 fully saturated rings. The number of aryl methyl sites for hydroxylation is 2. The van der Waals surface area contributed by atoms with Crippen LogP contribution >= 0.6 is 0 Å². The summed E-state index contributed by atoms with van der Waals surface area (Å²) < 4.78 is 0. The zero-order valence-electron chi connectivity index (χ0n) is 17.6. The molecule has 0 amide bonds. The lowest BCUT2D eigenvalue weighted by atomic mass is 9.71. The second-order valence-electron chi connectivity index (χ2n) is 8.46. The zero-order chi connectivity index (χ0) is 20.6. The van der Waals surface area contributed by atoms with E-state index in [0.29, 0.717) is 0 Å². The molecule has 0 radical (unpaired) electrons. The Balaban J connectivity index is 1.56. The van der Waals surface area contributed by atoms with E-state index in [1.165, 1.54) is 44.5 Å². The van der Waals surface area contributed by atoms with Gasteiger partial charge in [0.1, 0.15) is 0 Å². The molecule has 0 saturated carbocycles. The highest BCUT2D eigenvalue weighted by Crippen LogP contribution is 2.46. The Kier molecular flexibility index (Phi) is 4.64. The quantitative estimate of drug-likeness (QED) is 0.346. The van der Waals surface area contributed by atoms with Gasteiger partial charge < -0.3 is 0 Å². The van der Waals surface area contributed by atoms with E-state index < -0.39 is 0 Å². The summed E-state index contributed by atoms with van der Waals surface area (Å²) in [4.78, 5) is 0. The minimum Gasteiger partial charge on any atom is -0.0646 e. The molecule has 1 aliphatic rings. The van der Waals surface area contributed by atoms with Gasteiger partial charge in [-0.3, -0.25) is 0 Å². The van der Waals surface area contributed by atoms with Gasteiger partial charge in [-0.25, -0.2) is 0 Å². The Labute approximate surface area is 179 Å². The summed E-state index contributed by atoms with van der Waals surface area (Å²) in [5, 5.41) is 0. The number of hydrogen-bond acceptors (Lipinski definition) is 0. The Bertz CT molecular complexity index is 1190. The van der Waals surface area contributed by atoms with Crippen molar-refractivity contribution >= 4 is 6.08 Å². The van der Waals surface area contributed by atoms with E-state index in [4.69, 9.17) is 0 Å². The molecule has 5 rings (SSSR count). The summed E-state index contributed by atoms with van der Waals surface area (Å²) in [5.74, 6) is 0. The molecule has 0 heterocycles. The monoisotopic (exact) mass is 386 g/mol. The number of benzene rings is 4. The first-order valence-corrected chi connectivity index (χ1v) is 10.7. The van der Waals surface area contributed by atoms with Gasteiger partial charge in [0.2, 0.25) is 0 Å². The van der Waals surface area contributed by atoms with E-state index in [0.717, 1.165) is 6.42 Å². The summed E-state index contributed by atoms with van der Waals surface area (Å²) in [6.07, 6.45) is 5.60. The molecule has 0 aliphatic heterocycles. The standard InChI is InChI=1S/C30H26/c1-22-18-23(2)20-25(19-22)21-24-12-14-28(15-13-24)30(27-9-4-3-5-10-27)17-16-26-8-6-7-11-29(26)30/h3-20H,21H2,1-2H3. The molecule has 0 heteroatoms. The highest BCUT2D eigenvalue weighted by molar-refractivity contribution is 5.73. The van der Waals surface area contributed by atoms with Gasteiger partial charge in [-0.15, -0.1) is 0 Å². The van der Waals surface area contributed by atoms with Crippen molar-refractivity contribution in [2.24, 2.45) is 0 Å². The molecule has 0 aromatic heterocycles. The smallest absolute Gasteiger partial charge is 0.0641 e. The second kappa shape index (κ2) is 7.46. The van der Waals surface area contributed by atoms with Crippen LogP contribution in [0.25, 0.3) is 6.08 Å². The van der Waals surface area contributed by atoms with Crippen LogP contribution in [-0.4, -0.2) is 0 Å². The summed E-state index contributed by atoms with van der Waals surface area (Å²) in [6, 6.07) is 35.7. The van der Waals surface area contributed by atoms with Crippen molar-refractivity contribution in [3.8, 4) is 0 Å².